The average molecular weight is 406 g/mol. The van der Waals surface area contributed by atoms with Crippen LogP contribution in [0.25, 0.3) is 0 Å². The molecule has 0 fully saturated rings. The quantitative estimate of drug-likeness (QED) is 0.254. The molecule has 0 bridgehead atoms. The van der Waals surface area contributed by atoms with Gasteiger partial charge < -0.3 is 10.2 Å². The molecule has 0 aromatic rings. The number of unbranched alkanes of at least 4 members (excludes halogenated alkanes) is 9. The lowest BCUT2D eigenvalue weighted by molar-refractivity contribution is 0.281. The van der Waals surface area contributed by atoms with Gasteiger partial charge >= 0.3 is 0 Å². The molecule has 0 spiro atoms. The third kappa shape index (κ3) is 16.1. The van der Waals surface area contributed by atoms with Crippen LogP contribution in [0.5, 0.6) is 0 Å². The smallest absolute Gasteiger partial charge is 0.106 e. The Labute approximate surface area is 168 Å². The molecule has 0 aliphatic rings. The van der Waals surface area contributed by atoms with Gasteiger partial charge in [-0.15, -0.1) is 11.8 Å². The maximum atomic E-state index is 9.30. The SMILES string of the molecule is CC(C#N)(CCCO)SC(=S)SCCCCCCCCCCCCO. The summed E-state index contributed by atoms with van der Waals surface area (Å²) in [4.78, 5) is 0. The summed E-state index contributed by atoms with van der Waals surface area (Å²) in [5, 5.41) is 26.9. The highest BCUT2D eigenvalue weighted by Crippen LogP contribution is 2.34. The first-order valence-corrected chi connectivity index (χ1v) is 11.8. The molecule has 3 nitrogen and oxygen atoms in total. The summed E-state index contributed by atoms with van der Waals surface area (Å²) < 4.78 is 0.342. The van der Waals surface area contributed by atoms with Gasteiger partial charge in [0.05, 0.1) is 6.07 Å². The average Bonchev–Trinajstić information content (AvgIpc) is 2.61. The van der Waals surface area contributed by atoms with Crippen LogP contribution in [0, 0.1) is 11.3 Å². The zero-order chi connectivity index (χ0) is 18.8. The lowest BCUT2D eigenvalue weighted by Crippen LogP contribution is -2.19. The van der Waals surface area contributed by atoms with Crippen LogP contribution in [-0.4, -0.2) is 37.5 Å². The highest BCUT2D eigenvalue weighted by Gasteiger charge is 2.26. The number of hydrogen-bond acceptors (Lipinski definition) is 6. The van der Waals surface area contributed by atoms with Gasteiger partial charge in [0.1, 0.15) is 8.28 Å². The van der Waals surface area contributed by atoms with Gasteiger partial charge in [0.2, 0.25) is 0 Å². The maximum absolute atomic E-state index is 9.30. The number of thiocarbonyl (C=S) groups is 1. The molecule has 0 amide bonds. The van der Waals surface area contributed by atoms with Crippen molar-refractivity contribution in [1.29, 1.82) is 5.26 Å². The molecule has 0 rings (SSSR count). The number of nitrogens with zero attached hydrogens (tertiary/aromatic N) is 1. The fourth-order valence-corrected chi connectivity index (χ4v) is 5.56. The van der Waals surface area contributed by atoms with Gasteiger partial charge in [-0.25, -0.2) is 0 Å². The fraction of sp³-hybridized carbons (Fsp3) is 0.895. The number of thioether (sulfide) groups is 2. The molecule has 0 aliphatic heterocycles. The molecule has 0 saturated heterocycles. The molecule has 6 heteroatoms. The van der Waals surface area contributed by atoms with E-state index in [2.05, 4.69) is 6.07 Å². The molecule has 0 heterocycles. The van der Waals surface area contributed by atoms with E-state index in [0.29, 0.717) is 19.4 Å². The first-order chi connectivity index (χ1) is 12.1. The molecule has 1 atom stereocenters. The van der Waals surface area contributed by atoms with Crippen molar-refractivity contribution in [1.82, 2.24) is 0 Å². The standard InChI is InChI=1S/C19H35NO2S3/c1-19(17-20,13-12-15-22)25-18(23)24-16-11-9-7-5-3-2-4-6-8-10-14-21/h21-22H,2-16H2,1H3. The monoisotopic (exact) mass is 405 g/mol. The number of hydrogen-bond donors (Lipinski definition) is 2. The second kappa shape index (κ2) is 17.6. The third-order valence-corrected chi connectivity index (χ3v) is 6.98. The minimum absolute atomic E-state index is 0.125. The van der Waals surface area contributed by atoms with Crippen LogP contribution in [0.15, 0.2) is 0 Å². The van der Waals surface area contributed by atoms with Crippen molar-refractivity contribution >= 4 is 39.3 Å². The number of nitriles is 1. The lowest BCUT2D eigenvalue weighted by Gasteiger charge is -2.20. The van der Waals surface area contributed by atoms with E-state index in [-0.39, 0.29) is 6.61 Å². The van der Waals surface area contributed by atoms with Crippen molar-refractivity contribution in [3.63, 3.8) is 0 Å². The van der Waals surface area contributed by atoms with Crippen LogP contribution in [0.2, 0.25) is 0 Å². The van der Waals surface area contributed by atoms with Crippen LogP contribution >= 0.6 is 35.7 Å². The van der Waals surface area contributed by atoms with E-state index in [1.165, 1.54) is 63.1 Å². The van der Waals surface area contributed by atoms with Crippen molar-refractivity contribution in [2.75, 3.05) is 19.0 Å². The summed E-state index contributed by atoms with van der Waals surface area (Å²) in [5.74, 6) is 1.04. The van der Waals surface area contributed by atoms with Crippen LogP contribution < -0.4 is 0 Å². The second-order valence-corrected chi connectivity index (χ2v) is 10.4. The van der Waals surface area contributed by atoms with Gasteiger partial charge in [0, 0.05) is 13.2 Å². The van der Waals surface area contributed by atoms with Crippen molar-refractivity contribution in [3.05, 3.63) is 0 Å². The third-order valence-electron chi connectivity index (χ3n) is 4.13. The van der Waals surface area contributed by atoms with E-state index in [1.807, 2.05) is 6.92 Å². The van der Waals surface area contributed by atoms with E-state index in [9.17, 15) is 5.26 Å². The largest absolute Gasteiger partial charge is 0.396 e. The maximum Gasteiger partial charge on any atom is 0.106 e. The number of aliphatic hydroxyl groups excluding tert-OH is 2. The van der Waals surface area contributed by atoms with Crippen LogP contribution in [0.4, 0.5) is 0 Å². The Kier molecular flexibility index (Phi) is 17.7. The second-order valence-electron chi connectivity index (χ2n) is 6.63. The fourth-order valence-electron chi connectivity index (χ4n) is 2.54. The van der Waals surface area contributed by atoms with Gasteiger partial charge in [-0.1, -0.05) is 75.3 Å². The molecule has 0 aromatic heterocycles. The number of aliphatic hydroxyl groups is 2. The summed E-state index contributed by atoms with van der Waals surface area (Å²) in [7, 11) is 0. The van der Waals surface area contributed by atoms with E-state index in [4.69, 9.17) is 22.4 Å². The molecule has 0 radical (unpaired) electrons. The highest BCUT2D eigenvalue weighted by molar-refractivity contribution is 8.47. The zero-order valence-electron chi connectivity index (χ0n) is 15.7. The molecule has 0 aliphatic carbocycles. The van der Waals surface area contributed by atoms with Crippen LogP contribution in [-0.2, 0) is 0 Å². The summed E-state index contributed by atoms with van der Waals surface area (Å²) in [6.07, 6.45) is 13.7. The van der Waals surface area contributed by atoms with E-state index in [0.717, 1.165) is 22.1 Å². The minimum atomic E-state index is -0.510. The Bertz CT molecular complexity index is 374. The lowest BCUT2D eigenvalue weighted by atomic mass is 10.1. The highest BCUT2D eigenvalue weighted by atomic mass is 32.2. The topological polar surface area (TPSA) is 64.2 Å². The predicted octanol–water partition coefficient (Wildman–Crippen LogP) is 5.69. The van der Waals surface area contributed by atoms with E-state index >= 15 is 0 Å². The van der Waals surface area contributed by atoms with Gasteiger partial charge in [-0.2, -0.15) is 5.26 Å². The summed E-state index contributed by atoms with van der Waals surface area (Å²) in [6.45, 7) is 2.36. The van der Waals surface area contributed by atoms with E-state index < -0.39 is 4.75 Å². The molecule has 1 unspecified atom stereocenters. The molecule has 2 N–H and O–H groups in total. The van der Waals surface area contributed by atoms with Gasteiger partial charge in [-0.05, 0) is 38.4 Å². The van der Waals surface area contributed by atoms with Gasteiger partial charge in [0.15, 0.2) is 0 Å². The Balaban J connectivity index is 3.50. The Hall–Kier alpha value is 0.200. The van der Waals surface area contributed by atoms with Crippen molar-refractivity contribution in [2.45, 2.75) is 88.7 Å². The molecule has 0 aromatic carbocycles. The van der Waals surface area contributed by atoms with Crippen molar-refractivity contribution in [3.8, 4) is 6.07 Å². The first-order valence-electron chi connectivity index (χ1n) is 9.56. The Morgan fingerprint density at radius 3 is 1.84 bits per heavy atom. The predicted molar refractivity (Wildman–Crippen MR) is 116 cm³/mol. The zero-order valence-corrected chi connectivity index (χ0v) is 18.1. The molecule has 0 saturated carbocycles. The summed E-state index contributed by atoms with van der Waals surface area (Å²) >= 11 is 8.56. The first kappa shape index (κ1) is 25.2. The van der Waals surface area contributed by atoms with Gasteiger partial charge in [-0.3, -0.25) is 0 Å². The van der Waals surface area contributed by atoms with Crippen molar-refractivity contribution in [2.24, 2.45) is 0 Å². The minimum Gasteiger partial charge on any atom is -0.396 e. The summed E-state index contributed by atoms with van der Waals surface area (Å²) in [5.41, 5.74) is 0. The summed E-state index contributed by atoms with van der Waals surface area (Å²) in [6, 6.07) is 2.33. The normalized spacial score (nSPS) is 13.4. The molecule has 25 heavy (non-hydrogen) atoms. The molecular weight excluding hydrogens is 370 g/mol. The number of rotatable bonds is 16. The van der Waals surface area contributed by atoms with Crippen LogP contribution in [0.1, 0.15) is 84.0 Å². The molecular formula is C19H35NO2S3. The van der Waals surface area contributed by atoms with Crippen LogP contribution in [0.3, 0.4) is 0 Å². The van der Waals surface area contributed by atoms with E-state index in [1.54, 1.807) is 11.8 Å². The Morgan fingerprint density at radius 1 is 0.880 bits per heavy atom. The molecule has 146 valence electrons. The van der Waals surface area contributed by atoms with Gasteiger partial charge in [0.25, 0.3) is 0 Å². The Morgan fingerprint density at radius 2 is 1.36 bits per heavy atom. The van der Waals surface area contributed by atoms with Crippen molar-refractivity contribution < 1.29 is 10.2 Å².